The third-order valence-corrected chi connectivity index (χ3v) is 4.71. The first-order valence-electron chi connectivity index (χ1n) is 8.21. The molecule has 3 heteroatoms. The molecule has 2 aliphatic rings. The summed E-state index contributed by atoms with van der Waals surface area (Å²) in [6.45, 7) is 6.51. The molecule has 0 radical (unpaired) electrons. The average Bonchev–Trinajstić information content (AvgIpc) is 2.52. The van der Waals surface area contributed by atoms with Gasteiger partial charge in [0.05, 0.1) is 11.6 Å². The van der Waals surface area contributed by atoms with Crippen molar-refractivity contribution in [3.8, 4) is 12.1 Å². The Kier molecular flexibility index (Phi) is 5.45. The number of nitriles is 2. The van der Waals surface area contributed by atoms with Gasteiger partial charge in [-0.25, -0.2) is 0 Å². The van der Waals surface area contributed by atoms with E-state index in [1.54, 1.807) is 0 Å². The Labute approximate surface area is 128 Å². The largest absolute Gasteiger partial charge is 0.374 e. The molecular weight excluding hydrogens is 258 g/mol. The lowest BCUT2D eigenvalue weighted by Gasteiger charge is -2.36. The zero-order chi connectivity index (χ0) is 15.2. The van der Waals surface area contributed by atoms with Crippen molar-refractivity contribution in [2.45, 2.75) is 58.8 Å². The van der Waals surface area contributed by atoms with Crippen molar-refractivity contribution in [2.24, 2.45) is 5.92 Å². The molecule has 1 fully saturated rings. The molecule has 112 valence electrons. The van der Waals surface area contributed by atoms with Crippen LogP contribution in [0.2, 0.25) is 0 Å². The second-order valence-corrected chi connectivity index (χ2v) is 6.28. The summed E-state index contributed by atoms with van der Waals surface area (Å²) in [5, 5.41) is 19.0. The van der Waals surface area contributed by atoms with Crippen LogP contribution in [0.25, 0.3) is 0 Å². The van der Waals surface area contributed by atoms with Gasteiger partial charge in [-0.05, 0) is 50.0 Å². The van der Waals surface area contributed by atoms with Gasteiger partial charge in [-0.3, -0.25) is 0 Å². The average molecular weight is 283 g/mol. The Hall–Kier alpha value is -1.74. The quantitative estimate of drug-likeness (QED) is 0.726. The molecule has 0 aromatic heterocycles. The van der Waals surface area contributed by atoms with E-state index in [4.69, 9.17) is 0 Å². The fourth-order valence-electron chi connectivity index (χ4n) is 3.41. The summed E-state index contributed by atoms with van der Waals surface area (Å²) in [7, 11) is 0. The minimum atomic E-state index is 0.792. The van der Waals surface area contributed by atoms with E-state index in [1.165, 1.54) is 18.5 Å². The first-order chi connectivity index (χ1) is 10.2. The first-order valence-corrected chi connectivity index (χ1v) is 8.21. The number of nitrogens with zero attached hydrogens (tertiary/aromatic N) is 3. The lowest BCUT2D eigenvalue weighted by atomic mass is 9.85. The minimum absolute atomic E-state index is 0.792. The molecule has 1 saturated heterocycles. The molecular formula is C18H25N3. The zero-order valence-electron chi connectivity index (χ0n) is 13.3. The monoisotopic (exact) mass is 283 g/mol. The summed E-state index contributed by atoms with van der Waals surface area (Å²) >= 11 is 0. The summed E-state index contributed by atoms with van der Waals surface area (Å²) in [4.78, 5) is 2.40. The van der Waals surface area contributed by atoms with E-state index in [2.05, 4.69) is 30.9 Å². The highest BCUT2D eigenvalue weighted by Crippen LogP contribution is 2.35. The molecule has 1 aliphatic heterocycles. The molecule has 0 aromatic carbocycles. The summed E-state index contributed by atoms with van der Waals surface area (Å²) in [5.41, 5.74) is 3.87. The van der Waals surface area contributed by atoms with Gasteiger partial charge >= 0.3 is 0 Å². The molecule has 1 aliphatic carbocycles. The maximum atomic E-state index is 9.65. The molecule has 2 rings (SSSR count). The van der Waals surface area contributed by atoms with Crippen LogP contribution < -0.4 is 0 Å². The van der Waals surface area contributed by atoms with Crippen molar-refractivity contribution >= 4 is 0 Å². The molecule has 0 spiro atoms. The second-order valence-electron chi connectivity index (χ2n) is 6.28. The SMILES string of the molecule is CCC/C(C#N)=C1\CCCC(N2CCC(C)CC2)=C1C#N. The molecule has 0 N–H and O–H groups in total. The highest BCUT2D eigenvalue weighted by molar-refractivity contribution is 5.52. The van der Waals surface area contributed by atoms with Gasteiger partial charge < -0.3 is 4.90 Å². The standard InChI is InChI=1S/C18H25N3/c1-3-5-15(12-19)16-6-4-7-18(17(16)13-20)21-10-8-14(2)9-11-21/h14H,3-11H2,1-2H3/b16-15-. The van der Waals surface area contributed by atoms with Crippen LogP contribution in [-0.4, -0.2) is 18.0 Å². The molecule has 0 unspecified atom stereocenters. The summed E-state index contributed by atoms with van der Waals surface area (Å²) in [5.74, 6) is 0.792. The normalized spacial score (nSPS) is 22.8. The van der Waals surface area contributed by atoms with Crippen LogP contribution in [0, 0.1) is 28.6 Å². The number of hydrogen-bond acceptors (Lipinski definition) is 3. The van der Waals surface area contributed by atoms with E-state index in [1.807, 2.05) is 0 Å². The molecule has 0 aromatic rings. The lowest BCUT2D eigenvalue weighted by molar-refractivity contribution is 0.227. The Morgan fingerprint density at radius 2 is 1.95 bits per heavy atom. The number of allylic oxidation sites excluding steroid dienone is 4. The molecule has 0 bridgehead atoms. The molecule has 0 atom stereocenters. The van der Waals surface area contributed by atoms with Crippen molar-refractivity contribution in [1.82, 2.24) is 4.90 Å². The highest BCUT2D eigenvalue weighted by Gasteiger charge is 2.26. The van der Waals surface area contributed by atoms with Gasteiger partial charge in [0.25, 0.3) is 0 Å². The van der Waals surface area contributed by atoms with E-state index >= 15 is 0 Å². The number of piperidine rings is 1. The Bertz CT molecular complexity index is 520. The van der Waals surface area contributed by atoms with Gasteiger partial charge in [0, 0.05) is 24.4 Å². The van der Waals surface area contributed by atoms with Crippen molar-refractivity contribution in [1.29, 1.82) is 10.5 Å². The van der Waals surface area contributed by atoms with Gasteiger partial charge in [-0.2, -0.15) is 10.5 Å². The first kappa shape index (κ1) is 15.6. The van der Waals surface area contributed by atoms with Crippen LogP contribution in [0.4, 0.5) is 0 Å². The third kappa shape index (κ3) is 3.48. The van der Waals surface area contributed by atoms with Crippen LogP contribution in [0.5, 0.6) is 0 Å². The van der Waals surface area contributed by atoms with Gasteiger partial charge in [0.1, 0.15) is 6.07 Å². The number of hydrogen-bond donors (Lipinski definition) is 0. The van der Waals surface area contributed by atoms with E-state index in [0.717, 1.165) is 67.8 Å². The maximum absolute atomic E-state index is 9.65. The van der Waals surface area contributed by atoms with Gasteiger partial charge in [-0.1, -0.05) is 20.3 Å². The molecule has 0 amide bonds. The smallest absolute Gasteiger partial charge is 0.101 e. The van der Waals surface area contributed by atoms with Gasteiger partial charge in [0.15, 0.2) is 0 Å². The Morgan fingerprint density at radius 1 is 1.24 bits per heavy atom. The molecule has 3 nitrogen and oxygen atoms in total. The van der Waals surface area contributed by atoms with E-state index in [9.17, 15) is 10.5 Å². The van der Waals surface area contributed by atoms with Crippen LogP contribution >= 0.6 is 0 Å². The second kappa shape index (κ2) is 7.32. The van der Waals surface area contributed by atoms with Crippen LogP contribution in [0.1, 0.15) is 58.8 Å². The minimum Gasteiger partial charge on any atom is -0.374 e. The zero-order valence-corrected chi connectivity index (χ0v) is 13.3. The van der Waals surface area contributed by atoms with Crippen LogP contribution in [-0.2, 0) is 0 Å². The van der Waals surface area contributed by atoms with E-state index in [-0.39, 0.29) is 0 Å². The predicted octanol–water partition coefficient (Wildman–Crippen LogP) is 4.30. The topological polar surface area (TPSA) is 50.8 Å². The Morgan fingerprint density at radius 3 is 2.52 bits per heavy atom. The summed E-state index contributed by atoms with van der Waals surface area (Å²) in [6, 6.07) is 4.76. The van der Waals surface area contributed by atoms with Crippen molar-refractivity contribution in [3.63, 3.8) is 0 Å². The maximum Gasteiger partial charge on any atom is 0.101 e. The molecule has 1 heterocycles. The van der Waals surface area contributed by atoms with Crippen molar-refractivity contribution in [2.75, 3.05) is 13.1 Å². The third-order valence-electron chi connectivity index (χ3n) is 4.71. The van der Waals surface area contributed by atoms with E-state index < -0.39 is 0 Å². The lowest BCUT2D eigenvalue weighted by Crippen LogP contribution is -2.34. The molecule has 21 heavy (non-hydrogen) atoms. The fraction of sp³-hybridized carbons (Fsp3) is 0.667. The number of likely N-dealkylation sites (tertiary alicyclic amines) is 1. The van der Waals surface area contributed by atoms with Crippen molar-refractivity contribution in [3.05, 3.63) is 22.4 Å². The fourth-order valence-corrected chi connectivity index (χ4v) is 3.41. The van der Waals surface area contributed by atoms with Crippen molar-refractivity contribution < 1.29 is 0 Å². The summed E-state index contributed by atoms with van der Waals surface area (Å²) < 4.78 is 0. The highest BCUT2D eigenvalue weighted by atomic mass is 15.1. The predicted molar refractivity (Wildman–Crippen MR) is 84.0 cm³/mol. The number of rotatable bonds is 3. The summed E-state index contributed by atoms with van der Waals surface area (Å²) in [6.07, 6.45) is 7.12. The van der Waals surface area contributed by atoms with Gasteiger partial charge in [-0.15, -0.1) is 0 Å². The Balaban J connectivity index is 2.36. The van der Waals surface area contributed by atoms with Crippen LogP contribution in [0.3, 0.4) is 0 Å². The van der Waals surface area contributed by atoms with E-state index in [0.29, 0.717) is 0 Å². The molecule has 0 saturated carbocycles. The van der Waals surface area contributed by atoms with Gasteiger partial charge in [0.2, 0.25) is 0 Å². The van der Waals surface area contributed by atoms with Crippen LogP contribution in [0.15, 0.2) is 22.4 Å².